The predicted octanol–water partition coefficient (Wildman–Crippen LogP) is 5.17. The molecule has 1 N–H and O–H groups in total. The van der Waals surface area contributed by atoms with E-state index in [0.717, 1.165) is 16.3 Å². The standard InChI is InChI=1S/C16H15Cl2NO/c1-2-9-20-16-8-3-12(10-15(16)18)11-19-14-6-4-13(17)5-7-14/h2-8,10,19H,1,9,11H2. The summed E-state index contributed by atoms with van der Waals surface area (Å²) in [7, 11) is 0. The van der Waals surface area contributed by atoms with E-state index in [4.69, 9.17) is 27.9 Å². The van der Waals surface area contributed by atoms with Crippen molar-refractivity contribution in [2.75, 3.05) is 11.9 Å². The number of hydrogen-bond donors (Lipinski definition) is 1. The number of benzene rings is 2. The van der Waals surface area contributed by atoms with Gasteiger partial charge in [-0.15, -0.1) is 0 Å². The first-order valence-corrected chi connectivity index (χ1v) is 6.96. The van der Waals surface area contributed by atoms with E-state index in [-0.39, 0.29) is 0 Å². The van der Waals surface area contributed by atoms with Gasteiger partial charge in [0.15, 0.2) is 0 Å². The lowest BCUT2D eigenvalue weighted by Gasteiger charge is -2.10. The smallest absolute Gasteiger partial charge is 0.138 e. The van der Waals surface area contributed by atoms with Crippen LogP contribution >= 0.6 is 23.2 Å². The Labute approximate surface area is 129 Å². The van der Waals surface area contributed by atoms with Gasteiger partial charge in [-0.2, -0.15) is 0 Å². The van der Waals surface area contributed by atoms with Crippen LogP contribution < -0.4 is 10.1 Å². The molecule has 2 aromatic carbocycles. The Bertz CT molecular complexity index is 582. The number of hydrogen-bond acceptors (Lipinski definition) is 2. The largest absolute Gasteiger partial charge is 0.488 e. The Balaban J connectivity index is 1.97. The van der Waals surface area contributed by atoms with Crippen molar-refractivity contribution in [2.45, 2.75) is 6.54 Å². The molecule has 2 rings (SSSR count). The highest BCUT2D eigenvalue weighted by molar-refractivity contribution is 6.32. The fraction of sp³-hybridized carbons (Fsp3) is 0.125. The van der Waals surface area contributed by atoms with Crippen molar-refractivity contribution < 1.29 is 4.74 Å². The molecule has 4 heteroatoms. The highest BCUT2D eigenvalue weighted by Crippen LogP contribution is 2.26. The van der Waals surface area contributed by atoms with Crippen LogP contribution in [0.1, 0.15) is 5.56 Å². The minimum Gasteiger partial charge on any atom is -0.488 e. The molecule has 0 heterocycles. The van der Waals surface area contributed by atoms with Crippen molar-refractivity contribution in [1.29, 1.82) is 0 Å². The summed E-state index contributed by atoms with van der Waals surface area (Å²) >= 11 is 12.0. The summed E-state index contributed by atoms with van der Waals surface area (Å²) in [6, 6.07) is 13.3. The fourth-order valence-corrected chi connectivity index (χ4v) is 2.08. The zero-order valence-corrected chi connectivity index (χ0v) is 12.4. The van der Waals surface area contributed by atoms with Crippen molar-refractivity contribution in [3.63, 3.8) is 0 Å². The molecule has 2 aromatic rings. The maximum absolute atomic E-state index is 6.16. The Morgan fingerprint density at radius 1 is 1.10 bits per heavy atom. The van der Waals surface area contributed by atoms with Gasteiger partial charge in [0.2, 0.25) is 0 Å². The van der Waals surface area contributed by atoms with E-state index in [2.05, 4.69) is 11.9 Å². The second-order valence-electron chi connectivity index (χ2n) is 4.22. The molecule has 0 radical (unpaired) electrons. The maximum atomic E-state index is 6.16. The van der Waals surface area contributed by atoms with Crippen LogP contribution in [0.3, 0.4) is 0 Å². The Morgan fingerprint density at radius 3 is 2.50 bits per heavy atom. The van der Waals surface area contributed by atoms with Crippen LogP contribution in [0.4, 0.5) is 5.69 Å². The second kappa shape index (κ2) is 7.22. The normalized spacial score (nSPS) is 10.1. The van der Waals surface area contributed by atoms with Crippen LogP contribution in [0.25, 0.3) is 0 Å². The third-order valence-corrected chi connectivity index (χ3v) is 3.24. The molecule has 0 aliphatic carbocycles. The van der Waals surface area contributed by atoms with Gasteiger partial charge in [-0.05, 0) is 42.0 Å². The number of ether oxygens (including phenoxy) is 1. The molecule has 0 saturated heterocycles. The van der Waals surface area contributed by atoms with Gasteiger partial charge in [-0.3, -0.25) is 0 Å². The van der Waals surface area contributed by atoms with Gasteiger partial charge < -0.3 is 10.1 Å². The summed E-state index contributed by atoms with van der Waals surface area (Å²) in [6.45, 7) is 4.73. The van der Waals surface area contributed by atoms with Crippen molar-refractivity contribution in [3.05, 3.63) is 70.7 Å². The van der Waals surface area contributed by atoms with Gasteiger partial charge in [0.1, 0.15) is 12.4 Å². The van der Waals surface area contributed by atoms with Gasteiger partial charge in [0.05, 0.1) is 5.02 Å². The van der Waals surface area contributed by atoms with Crippen LogP contribution in [0.15, 0.2) is 55.1 Å². The summed E-state index contributed by atoms with van der Waals surface area (Å²) in [5, 5.41) is 4.63. The van der Waals surface area contributed by atoms with E-state index in [1.165, 1.54) is 0 Å². The quantitative estimate of drug-likeness (QED) is 0.743. The van der Waals surface area contributed by atoms with Crippen LogP contribution in [0.2, 0.25) is 10.0 Å². The molecule has 104 valence electrons. The second-order valence-corrected chi connectivity index (χ2v) is 5.07. The summed E-state index contributed by atoms with van der Waals surface area (Å²) in [6.07, 6.45) is 1.69. The maximum Gasteiger partial charge on any atom is 0.138 e. The van der Waals surface area contributed by atoms with Gasteiger partial charge in [-0.25, -0.2) is 0 Å². The van der Waals surface area contributed by atoms with Gasteiger partial charge >= 0.3 is 0 Å². The van der Waals surface area contributed by atoms with E-state index in [9.17, 15) is 0 Å². The Morgan fingerprint density at radius 2 is 1.85 bits per heavy atom. The number of halogens is 2. The zero-order chi connectivity index (χ0) is 14.4. The molecule has 0 amide bonds. The minimum atomic E-state index is 0.447. The summed E-state index contributed by atoms with van der Waals surface area (Å²) < 4.78 is 5.43. The fourth-order valence-electron chi connectivity index (χ4n) is 1.69. The molecular weight excluding hydrogens is 293 g/mol. The first-order chi connectivity index (χ1) is 9.69. The SMILES string of the molecule is C=CCOc1ccc(CNc2ccc(Cl)cc2)cc1Cl. The van der Waals surface area contributed by atoms with Crippen molar-refractivity contribution in [1.82, 2.24) is 0 Å². The van der Waals surface area contributed by atoms with E-state index in [1.54, 1.807) is 6.08 Å². The van der Waals surface area contributed by atoms with E-state index < -0.39 is 0 Å². The average molecular weight is 308 g/mol. The third kappa shape index (κ3) is 4.19. The minimum absolute atomic E-state index is 0.447. The van der Waals surface area contributed by atoms with Crippen LogP contribution in [-0.4, -0.2) is 6.61 Å². The first kappa shape index (κ1) is 14.8. The number of anilines is 1. The first-order valence-electron chi connectivity index (χ1n) is 6.20. The average Bonchev–Trinajstić information content (AvgIpc) is 2.46. The lowest BCUT2D eigenvalue weighted by atomic mass is 10.2. The summed E-state index contributed by atoms with van der Waals surface area (Å²) in [5.41, 5.74) is 2.09. The molecule has 0 spiro atoms. The topological polar surface area (TPSA) is 21.3 Å². The molecule has 0 aromatic heterocycles. The van der Waals surface area contributed by atoms with Gasteiger partial charge in [-0.1, -0.05) is 41.9 Å². The molecule has 0 aliphatic rings. The van der Waals surface area contributed by atoms with Crippen molar-refractivity contribution >= 4 is 28.9 Å². The van der Waals surface area contributed by atoms with Crippen LogP contribution in [0.5, 0.6) is 5.75 Å². The lowest BCUT2D eigenvalue weighted by molar-refractivity contribution is 0.363. The molecule has 0 aliphatic heterocycles. The molecular formula is C16H15Cl2NO. The van der Waals surface area contributed by atoms with E-state index >= 15 is 0 Å². The zero-order valence-electron chi connectivity index (χ0n) is 10.9. The monoisotopic (exact) mass is 307 g/mol. The Kier molecular flexibility index (Phi) is 5.33. The van der Waals surface area contributed by atoms with Gasteiger partial charge in [0.25, 0.3) is 0 Å². The molecule has 0 fully saturated rings. The van der Waals surface area contributed by atoms with Crippen molar-refractivity contribution in [2.24, 2.45) is 0 Å². The van der Waals surface area contributed by atoms with Gasteiger partial charge in [0, 0.05) is 17.3 Å². The Hall–Kier alpha value is -1.64. The summed E-state index contributed by atoms with van der Waals surface area (Å²) in [4.78, 5) is 0. The number of nitrogens with one attached hydrogen (secondary N) is 1. The molecule has 20 heavy (non-hydrogen) atoms. The third-order valence-electron chi connectivity index (χ3n) is 2.69. The van der Waals surface area contributed by atoms with Crippen LogP contribution in [0, 0.1) is 0 Å². The lowest BCUT2D eigenvalue weighted by Crippen LogP contribution is -2.00. The summed E-state index contributed by atoms with van der Waals surface area (Å²) in [5.74, 6) is 0.668. The molecule has 0 unspecified atom stereocenters. The predicted molar refractivity (Wildman–Crippen MR) is 85.9 cm³/mol. The van der Waals surface area contributed by atoms with Crippen LogP contribution in [-0.2, 0) is 6.54 Å². The van der Waals surface area contributed by atoms with Crippen molar-refractivity contribution in [3.8, 4) is 5.75 Å². The molecule has 0 bridgehead atoms. The molecule has 2 nitrogen and oxygen atoms in total. The molecule has 0 atom stereocenters. The number of rotatable bonds is 6. The highest BCUT2D eigenvalue weighted by Gasteiger charge is 2.02. The van der Waals surface area contributed by atoms with E-state index in [0.29, 0.717) is 23.9 Å². The molecule has 0 saturated carbocycles. The highest BCUT2D eigenvalue weighted by atomic mass is 35.5. The van der Waals surface area contributed by atoms with E-state index in [1.807, 2.05) is 42.5 Å².